The van der Waals surface area contributed by atoms with Gasteiger partial charge >= 0.3 is 0 Å². The van der Waals surface area contributed by atoms with Crippen LogP contribution in [0.5, 0.6) is 0 Å². The molecule has 0 aliphatic carbocycles. The minimum Gasteiger partial charge on any atom is -0.311 e. The van der Waals surface area contributed by atoms with Crippen LogP contribution in [0.1, 0.15) is 50.3 Å². The molecule has 0 amide bonds. The van der Waals surface area contributed by atoms with E-state index in [9.17, 15) is 4.39 Å². The van der Waals surface area contributed by atoms with Gasteiger partial charge in [0, 0.05) is 17.1 Å². The SMILES string of the molecule is CCCCCCCNCc1nn(Cc2ccc(F)cc2Cl)nc1-c1ccccc1. The summed E-state index contributed by atoms with van der Waals surface area (Å²) in [6.45, 7) is 4.26. The van der Waals surface area contributed by atoms with Crippen molar-refractivity contribution in [2.24, 2.45) is 0 Å². The van der Waals surface area contributed by atoms with Gasteiger partial charge in [-0.1, -0.05) is 80.6 Å². The molecule has 1 aromatic heterocycles. The zero-order chi connectivity index (χ0) is 20.5. The molecular formula is C23H28ClFN4. The molecule has 6 heteroatoms. The number of nitrogens with zero attached hydrogens (tertiary/aromatic N) is 3. The van der Waals surface area contributed by atoms with Crippen molar-refractivity contribution in [1.82, 2.24) is 20.3 Å². The summed E-state index contributed by atoms with van der Waals surface area (Å²) in [6.07, 6.45) is 6.28. The third-order valence-electron chi connectivity index (χ3n) is 4.85. The summed E-state index contributed by atoms with van der Waals surface area (Å²) in [5.74, 6) is -0.346. The molecular weight excluding hydrogens is 387 g/mol. The van der Waals surface area contributed by atoms with Crippen LogP contribution in [0.2, 0.25) is 5.02 Å². The molecule has 0 radical (unpaired) electrons. The van der Waals surface area contributed by atoms with E-state index in [1.165, 1.54) is 44.2 Å². The summed E-state index contributed by atoms with van der Waals surface area (Å²) >= 11 is 6.18. The highest BCUT2D eigenvalue weighted by molar-refractivity contribution is 6.31. The molecule has 3 aromatic rings. The molecule has 29 heavy (non-hydrogen) atoms. The van der Waals surface area contributed by atoms with E-state index < -0.39 is 0 Å². The van der Waals surface area contributed by atoms with E-state index in [2.05, 4.69) is 17.3 Å². The van der Waals surface area contributed by atoms with Crippen LogP contribution in [-0.4, -0.2) is 21.5 Å². The highest BCUT2D eigenvalue weighted by Gasteiger charge is 2.14. The first kappa shape index (κ1) is 21.5. The highest BCUT2D eigenvalue weighted by Crippen LogP contribution is 2.22. The van der Waals surface area contributed by atoms with Crippen LogP contribution in [0.15, 0.2) is 48.5 Å². The van der Waals surface area contributed by atoms with Gasteiger partial charge in [-0.25, -0.2) is 4.39 Å². The molecule has 0 aliphatic heterocycles. The van der Waals surface area contributed by atoms with Crippen LogP contribution in [0, 0.1) is 5.82 Å². The van der Waals surface area contributed by atoms with Crippen molar-refractivity contribution in [3.63, 3.8) is 0 Å². The van der Waals surface area contributed by atoms with Crippen molar-refractivity contribution in [1.29, 1.82) is 0 Å². The molecule has 0 saturated carbocycles. The molecule has 0 saturated heterocycles. The number of hydrogen-bond acceptors (Lipinski definition) is 3. The normalized spacial score (nSPS) is 11.1. The Bertz CT molecular complexity index is 895. The lowest BCUT2D eigenvalue weighted by atomic mass is 10.1. The van der Waals surface area contributed by atoms with E-state index in [1.807, 2.05) is 30.3 Å². The molecule has 0 spiro atoms. The van der Waals surface area contributed by atoms with Crippen molar-refractivity contribution in [3.05, 3.63) is 70.6 Å². The van der Waals surface area contributed by atoms with Crippen LogP contribution >= 0.6 is 11.6 Å². The van der Waals surface area contributed by atoms with E-state index >= 15 is 0 Å². The topological polar surface area (TPSA) is 42.7 Å². The van der Waals surface area contributed by atoms with Gasteiger partial charge in [-0.3, -0.25) is 0 Å². The number of rotatable bonds is 11. The van der Waals surface area contributed by atoms with Gasteiger partial charge in [0.15, 0.2) is 0 Å². The summed E-state index contributed by atoms with van der Waals surface area (Å²) in [6, 6.07) is 14.5. The first-order chi connectivity index (χ1) is 14.2. The summed E-state index contributed by atoms with van der Waals surface area (Å²) in [7, 11) is 0. The monoisotopic (exact) mass is 414 g/mol. The predicted molar refractivity (Wildman–Crippen MR) is 116 cm³/mol. The summed E-state index contributed by atoms with van der Waals surface area (Å²) < 4.78 is 13.3. The Labute approximate surface area is 177 Å². The Morgan fingerprint density at radius 2 is 1.79 bits per heavy atom. The van der Waals surface area contributed by atoms with Crippen molar-refractivity contribution in [2.45, 2.75) is 52.1 Å². The average Bonchev–Trinajstić information content (AvgIpc) is 3.13. The fourth-order valence-electron chi connectivity index (χ4n) is 3.25. The Morgan fingerprint density at radius 1 is 1.00 bits per heavy atom. The van der Waals surface area contributed by atoms with Gasteiger partial charge < -0.3 is 5.32 Å². The fraction of sp³-hybridized carbons (Fsp3) is 0.391. The van der Waals surface area contributed by atoms with E-state index in [4.69, 9.17) is 16.7 Å². The van der Waals surface area contributed by atoms with Crippen LogP contribution in [0.4, 0.5) is 4.39 Å². The predicted octanol–water partition coefficient (Wildman–Crippen LogP) is 5.85. The molecule has 1 heterocycles. The van der Waals surface area contributed by atoms with Gasteiger partial charge in [-0.15, -0.1) is 0 Å². The Morgan fingerprint density at radius 3 is 2.55 bits per heavy atom. The van der Waals surface area contributed by atoms with Crippen LogP contribution in [-0.2, 0) is 13.1 Å². The lowest BCUT2D eigenvalue weighted by Crippen LogP contribution is -2.16. The van der Waals surface area contributed by atoms with Crippen molar-refractivity contribution in [2.75, 3.05) is 6.54 Å². The number of hydrogen-bond donors (Lipinski definition) is 1. The van der Waals surface area contributed by atoms with Crippen molar-refractivity contribution in [3.8, 4) is 11.3 Å². The first-order valence-electron chi connectivity index (χ1n) is 10.3. The smallest absolute Gasteiger partial charge is 0.124 e. The molecule has 2 aromatic carbocycles. The summed E-state index contributed by atoms with van der Waals surface area (Å²) in [4.78, 5) is 1.64. The minimum absolute atomic E-state index is 0.346. The lowest BCUT2D eigenvalue weighted by Gasteiger charge is -2.04. The molecule has 0 bridgehead atoms. The van der Waals surface area contributed by atoms with Crippen LogP contribution in [0.3, 0.4) is 0 Å². The van der Waals surface area contributed by atoms with E-state index in [0.29, 0.717) is 18.1 Å². The van der Waals surface area contributed by atoms with Gasteiger partial charge in [-0.2, -0.15) is 15.0 Å². The molecule has 0 fully saturated rings. The number of nitrogens with one attached hydrogen (secondary N) is 1. The largest absolute Gasteiger partial charge is 0.311 e. The maximum absolute atomic E-state index is 13.3. The second kappa shape index (κ2) is 11.1. The molecule has 4 nitrogen and oxygen atoms in total. The molecule has 0 unspecified atom stereocenters. The number of benzene rings is 2. The van der Waals surface area contributed by atoms with E-state index in [0.717, 1.165) is 29.1 Å². The quantitative estimate of drug-likeness (QED) is 0.400. The second-order valence-electron chi connectivity index (χ2n) is 7.22. The van der Waals surface area contributed by atoms with Crippen molar-refractivity contribution < 1.29 is 4.39 Å². The molecule has 0 aliphatic rings. The average molecular weight is 415 g/mol. The maximum Gasteiger partial charge on any atom is 0.124 e. The van der Waals surface area contributed by atoms with Crippen LogP contribution in [0.25, 0.3) is 11.3 Å². The number of halogens is 2. The fourth-order valence-corrected chi connectivity index (χ4v) is 3.48. The van der Waals surface area contributed by atoms with Gasteiger partial charge in [0.25, 0.3) is 0 Å². The zero-order valence-corrected chi connectivity index (χ0v) is 17.6. The highest BCUT2D eigenvalue weighted by atomic mass is 35.5. The van der Waals surface area contributed by atoms with Gasteiger partial charge in [-0.05, 0) is 30.7 Å². The molecule has 3 rings (SSSR count). The Hall–Kier alpha value is -2.24. The number of unbranched alkanes of at least 4 members (excludes halogenated alkanes) is 4. The van der Waals surface area contributed by atoms with Crippen LogP contribution < -0.4 is 5.32 Å². The third kappa shape index (κ3) is 6.38. The third-order valence-corrected chi connectivity index (χ3v) is 5.20. The Balaban J connectivity index is 1.70. The molecule has 1 N–H and O–H groups in total. The standard InChI is InChI=1S/C23H28ClFN4/c1-2-3-4-5-9-14-26-16-22-23(18-10-7-6-8-11-18)28-29(27-22)17-19-12-13-20(25)15-21(19)24/h6-8,10-13,15,26H,2-5,9,14,16-17H2,1H3. The Kier molecular flexibility index (Phi) is 8.20. The van der Waals surface area contributed by atoms with E-state index in [1.54, 1.807) is 10.9 Å². The van der Waals surface area contributed by atoms with Gasteiger partial charge in [0.2, 0.25) is 0 Å². The maximum atomic E-state index is 13.3. The first-order valence-corrected chi connectivity index (χ1v) is 10.7. The van der Waals surface area contributed by atoms with Gasteiger partial charge in [0.05, 0.1) is 6.54 Å². The summed E-state index contributed by atoms with van der Waals surface area (Å²) in [5.41, 5.74) is 3.59. The van der Waals surface area contributed by atoms with Crippen molar-refractivity contribution >= 4 is 11.6 Å². The van der Waals surface area contributed by atoms with E-state index in [-0.39, 0.29) is 5.82 Å². The van der Waals surface area contributed by atoms with Gasteiger partial charge in [0.1, 0.15) is 17.2 Å². The zero-order valence-electron chi connectivity index (χ0n) is 16.9. The minimum atomic E-state index is -0.346. The molecule has 154 valence electrons. The lowest BCUT2D eigenvalue weighted by molar-refractivity contribution is 0.560. The molecule has 0 atom stereocenters. The second-order valence-corrected chi connectivity index (χ2v) is 7.63. The summed E-state index contributed by atoms with van der Waals surface area (Å²) in [5, 5.41) is 13.3. The number of aromatic nitrogens is 3.